The van der Waals surface area contributed by atoms with Crippen LogP contribution in [0, 0.1) is 0 Å². The average molecular weight is 406 g/mol. The van der Waals surface area contributed by atoms with E-state index in [-0.39, 0.29) is 12.0 Å². The standard InChI is InChI=1S/C22H26N6O2/c1-28(2)20(29)11-15-3-5-16(6-4-15)18-12-19-21(25-8-7-24-19)22(27-18)26-14-17-13-23-9-10-30-17/h3-8,12,17,23H,9-11,13-14H2,1-2H3,(H,26,27). The molecular weight excluding hydrogens is 380 g/mol. The van der Waals surface area contributed by atoms with E-state index in [0.29, 0.717) is 25.4 Å². The highest BCUT2D eigenvalue weighted by Crippen LogP contribution is 2.26. The Morgan fingerprint density at radius 2 is 2.03 bits per heavy atom. The van der Waals surface area contributed by atoms with Gasteiger partial charge in [-0.05, 0) is 11.6 Å². The van der Waals surface area contributed by atoms with Crippen molar-refractivity contribution in [3.8, 4) is 11.3 Å². The first-order chi connectivity index (χ1) is 14.6. The number of carbonyl (C=O) groups is 1. The van der Waals surface area contributed by atoms with Crippen molar-refractivity contribution in [2.24, 2.45) is 0 Å². The van der Waals surface area contributed by atoms with Crippen LogP contribution < -0.4 is 10.6 Å². The average Bonchev–Trinajstić information content (AvgIpc) is 2.78. The molecule has 0 saturated carbocycles. The topological polar surface area (TPSA) is 92.3 Å². The second-order valence-corrected chi connectivity index (χ2v) is 7.52. The molecule has 2 aromatic heterocycles. The van der Waals surface area contributed by atoms with Gasteiger partial charge in [-0.3, -0.25) is 9.78 Å². The van der Waals surface area contributed by atoms with Gasteiger partial charge in [-0.2, -0.15) is 0 Å². The van der Waals surface area contributed by atoms with E-state index in [0.717, 1.165) is 40.9 Å². The van der Waals surface area contributed by atoms with Gasteiger partial charge in [-0.1, -0.05) is 24.3 Å². The van der Waals surface area contributed by atoms with Gasteiger partial charge in [-0.15, -0.1) is 0 Å². The van der Waals surface area contributed by atoms with Gasteiger partial charge in [0, 0.05) is 51.7 Å². The summed E-state index contributed by atoms with van der Waals surface area (Å²) < 4.78 is 5.77. The number of nitrogens with zero attached hydrogens (tertiary/aromatic N) is 4. The minimum atomic E-state index is 0.0766. The second-order valence-electron chi connectivity index (χ2n) is 7.52. The molecule has 2 N–H and O–H groups in total. The molecule has 1 fully saturated rings. The molecule has 30 heavy (non-hydrogen) atoms. The van der Waals surface area contributed by atoms with Crippen LogP contribution in [0.3, 0.4) is 0 Å². The molecule has 0 bridgehead atoms. The first-order valence-corrected chi connectivity index (χ1v) is 10.1. The summed E-state index contributed by atoms with van der Waals surface area (Å²) in [5, 5.41) is 6.72. The molecule has 0 radical (unpaired) electrons. The Labute approximate surface area is 175 Å². The van der Waals surface area contributed by atoms with Crippen LogP contribution in [0.2, 0.25) is 0 Å². The number of hydrogen-bond acceptors (Lipinski definition) is 7. The first kappa shape index (κ1) is 20.2. The number of aromatic nitrogens is 3. The van der Waals surface area contributed by atoms with Crippen LogP contribution in [0.1, 0.15) is 5.56 Å². The van der Waals surface area contributed by atoms with Crippen LogP contribution in [0.25, 0.3) is 22.3 Å². The molecule has 8 heteroatoms. The fourth-order valence-corrected chi connectivity index (χ4v) is 3.33. The van der Waals surface area contributed by atoms with E-state index in [4.69, 9.17) is 9.72 Å². The number of benzene rings is 1. The van der Waals surface area contributed by atoms with Crippen molar-refractivity contribution >= 4 is 22.8 Å². The summed E-state index contributed by atoms with van der Waals surface area (Å²) >= 11 is 0. The lowest BCUT2D eigenvalue weighted by molar-refractivity contribution is -0.127. The number of nitrogens with one attached hydrogen (secondary N) is 2. The molecule has 1 amide bonds. The Kier molecular flexibility index (Phi) is 6.15. The molecule has 4 rings (SSSR count). The summed E-state index contributed by atoms with van der Waals surface area (Å²) in [5.41, 5.74) is 4.25. The van der Waals surface area contributed by atoms with Crippen LogP contribution in [-0.4, -0.2) is 72.2 Å². The normalized spacial score (nSPS) is 16.4. The number of hydrogen-bond donors (Lipinski definition) is 2. The van der Waals surface area contributed by atoms with E-state index in [2.05, 4.69) is 20.6 Å². The van der Waals surface area contributed by atoms with Crippen LogP contribution in [0.4, 0.5) is 5.82 Å². The van der Waals surface area contributed by atoms with Gasteiger partial charge in [0.25, 0.3) is 0 Å². The Hall–Kier alpha value is -3.10. The summed E-state index contributed by atoms with van der Waals surface area (Å²) in [5.74, 6) is 0.768. The molecule has 3 aromatic rings. The lowest BCUT2D eigenvalue weighted by Crippen LogP contribution is -2.42. The fraction of sp³-hybridized carbons (Fsp3) is 0.364. The molecule has 156 valence electrons. The number of carbonyl (C=O) groups excluding carboxylic acids is 1. The quantitative estimate of drug-likeness (QED) is 0.644. The zero-order valence-corrected chi connectivity index (χ0v) is 17.3. The number of fused-ring (bicyclic) bond motifs is 1. The molecule has 1 saturated heterocycles. The summed E-state index contributed by atoms with van der Waals surface area (Å²) in [6, 6.07) is 9.84. The molecule has 0 aliphatic carbocycles. The maximum Gasteiger partial charge on any atom is 0.226 e. The molecule has 0 spiro atoms. The summed E-state index contributed by atoms with van der Waals surface area (Å²) in [7, 11) is 3.53. The minimum absolute atomic E-state index is 0.0766. The number of ether oxygens (including phenoxy) is 1. The largest absolute Gasteiger partial charge is 0.374 e. The smallest absolute Gasteiger partial charge is 0.226 e. The maximum absolute atomic E-state index is 11.9. The third kappa shape index (κ3) is 4.72. The molecule has 3 heterocycles. The number of rotatable bonds is 6. The zero-order chi connectivity index (χ0) is 20.9. The molecular formula is C22H26N6O2. The van der Waals surface area contributed by atoms with E-state index in [1.807, 2.05) is 30.3 Å². The van der Waals surface area contributed by atoms with Crippen LogP contribution in [0.15, 0.2) is 42.7 Å². The van der Waals surface area contributed by atoms with Crippen molar-refractivity contribution in [1.82, 2.24) is 25.2 Å². The van der Waals surface area contributed by atoms with Crippen molar-refractivity contribution in [3.05, 3.63) is 48.3 Å². The van der Waals surface area contributed by atoms with Crippen molar-refractivity contribution < 1.29 is 9.53 Å². The minimum Gasteiger partial charge on any atom is -0.374 e. The van der Waals surface area contributed by atoms with Crippen molar-refractivity contribution in [1.29, 1.82) is 0 Å². The van der Waals surface area contributed by atoms with Crippen LogP contribution in [0.5, 0.6) is 0 Å². The predicted molar refractivity (Wildman–Crippen MR) is 116 cm³/mol. The van der Waals surface area contributed by atoms with Crippen molar-refractivity contribution in [2.75, 3.05) is 45.7 Å². The monoisotopic (exact) mass is 406 g/mol. The fourth-order valence-electron chi connectivity index (χ4n) is 3.33. The van der Waals surface area contributed by atoms with E-state index in [1.165, 1.54) is 0 Å². The molecule has 1 unspecified atom stereocenters. The number of likely N-dealkylation sites (N-methyl/N-ethyl adjacent to an activating group) is 1. The Balaban J connectivity index is 1.58. The van der Waals surface area contributed by atoms with E-state index < -0.39 is 0 Å². The van der Waals surface area contributed by atoms with E-state index in [1.54, 1.807) is 31.4 Å². The number of morpholine rings is 1. The third-order valence-corrected chi connectivity index (χ3v) is 5.06. The Bertz CT molecular complexity index is 1020. The van der Waals surface area contributed by atoms with Gasteiger partial charge in [0.05, 0.1) is 30.3 Å². The summed E-state index contributed by atoms with van der Waals surface area (Å²) in [4.78, 5) is 27.3. The Morgan fingerprint density at radius 3 is 2.77 bits per heavy atom. The predicted octanol–water partition coefficient (Wildman–Crippen LogP) is 1.72. The molecule has 8 nitrogen and oxygen atoms in total. The van der Waals surface area contributed by atoms with Crippen LogP contribution in [-0.2, 0) is 16.0 Å². The lowest BCUT2D eigenvalue weighted by atomic mass is 10.1. The highest BCUT2D eigenvalue weighted by atomic mass is 16.5. The lowest BCUT2D eigenvalue weighted by Gasteiger charge is -2.24. The summed E-state index contributed by atoms with van der Waals surface area (Å²) in [6.45, 7) is 3.04. The van der Waals surface area contributed by atoms with Crippen molar-refractivity contribution in [3.63, 3.8) is 0 Å². The highest BCUT2D eigenvalue weighted by molar-refractivity contribution is 5.88. The summed E-state index contributed by atoms with van der Waals surface area (Å²) in [6.07, 6.45) is 3.82. The van der Waals surface area contributed by atoms with Gasteiger partial charge in [0.1, 0.15) is 5.52 Å². The van der Waals surface area contributed by atoms with Gasteiger partial charge in [0.15, 0.2) is 5.82 Å². The van der Waals surface area contributed by atoms with Crippen LogP contribution >= 0.6 is 0 Å². The second kappa shape index (κ2) is 9.15. The SMILES string of the molecule is CN(C)C(=O)Cc1ccc(-c2cc3nccnc3c(NCC3CNCCO3)n2)cc1. The number of pyridine rings is 1. The van der Waals surface area contributed by atoms with Crippen molar-refractivity contribution in [2.45, 2.75) is 12.5 Å². The molecule has 1 aliphatic rings. The number of amides is 1. The van der Waals surface area contributed by atoms with Gasteiger partial charge in [-0.25, -0.2) is 9.97 Å². The maximum atomic E-state index is 11.9. The van der Waals surface area contributed by atoms with Gasteiger partial charge < -0.3 is 20.3 Å². The molecule has 1 atom stereocenters. The zero-order valence-electron chi connectivity index (χ0n) is 17.3. The molecule has 1 aliphatic heterocycles. The van der Waals surface area contributed by atoms with Gasteiger partial charge >= 0.3 is 0 Å². The van der Waals surface area contributed by atoms with Gasteiger partial charge in [0.2, 0.25) is 5.91 Å². The number of anilines is 1. The van der Waals surface area contributed by atoms with E-state index >= 15 is 0 Å². The third-order valence-electron chi connectivity index (χ3n) is 5.06. The highest BCUT2D eigenvalue weighted by Gasteiger charge is 2.15. The first-order valence-electron chi connectivity index (χ1n) is 10.1. The Morgan fingerprint density at radius 1 is 1.23 bits per heavy atom. The van der Waals surface area contributed by atoms with E-state index in [9.17, 15) is 4.79 Å². The molecule has 1 aromatic carbocycles.